The van der Waals surface area contributed by atoms with Crippen molar-refractivity contribution in [1.29, 1.82) is 0 Å². The molecule has 1 aromatic carbocycles. The van der Waals surface area contributed by atoms with E-state index in [-0.39, 0.29) is 0 Å². The first kappa shape index (κ1) is 14.1. The van der Waals surface area contributed by atoms with E-state index in [1.165, 1.54) is 19.3 Å². The molecule has 2 N–H and O–H groups in total. The Morgan fingerprint density at radius 1 is 1.33 bits per heavy atom. The van der Waals surface area contributed by atoms with Gasteiger partial charge < -0.3 is 5.73 Å². The molecule has 1 aromatic rings. The second-order valence-electron chi connectivity index (χ2n) is 5.08. The molecule has 1 heterocycles. The third kappa shape index (κ3) is 3.18. The van der Waals surface area contributed by atoms with E-state index in [2.05, 4.69) is 11.8 Å². The summed E-state index contributed by atoms with van der Waals surface area (Å²) in [4.78, 5) is 2.46. The van der Waals surface area contributed by atoms with Crippen LogP contribution in [0.5, 0.6) is 0 Å². The Kier molecular flexibility index (Phi) is 4.91. The van der Waals surface area contributed by atoms with Crippen LogP contribution in [-0.2, 0) is 6.54 Å². The van der Waals surface area contributed by atoms with Gasteiger partial charge in [0.1, 0.15) is 0 Å². The van der Waals surface area contributed by atoms with Crippen LogP contribution >= 0.6 is 23.2 Å². The van der Waals surface area contributed by atoms with Gasteiger partial charge in [0.05, 0.1) is 0 Å². The fourth-order valence-corrected chi connectivity index (χ4v) is 3.11. The Balaban J connectivity index is 2.17. The molecule has 0 bridgehead atoms. The first-order valence-electron chi connectivity index (χ1n) is 6.51. The second-order valence-corrected chi connectivity index (χ2v) is 5.92. The summed E-state index contributed by atoms with van der Waals surface area (Å²) in [5.41, 5.74) is 6.97. The summed E-state index contributed by atoms with van der Waals surface area (Å²) < 4.78 is 0. The number of likely N-dealkylation sites (tertiary alicyclic amines) is 1. The Labute approximate surface area is 119 Å². The van der Waals surface area contributed by atoms with Gasteiger partial charge in [0, 0.05) is 35.2 Å². The van der Waals surface area contributed by atoms with Gasteiger partial charge in [-0.1, -0.05) is 29.6 Å². The summed E-state index contributed by atoms with van der Waals surface area (Å²) >= 11 is 12.3. The summed E-state index contributed by atoms with van der Waals surface area (Å²) in [5.74, 6) is 0. The third-order valence-electron chi connectivity index (χ3n) is 3.83. The molecule has 0 aliphatic carbocycles. The molecule has 0 radical (unpaired) electrons. The quantitative estimate of drug-likeness (QED) is 0.918. The minimum Gasteiger partial charge on any atom is -0.329 e. The van der Waals surface area contributed by atoms with Crippen LogP contribution in [0.2, 0.25) is 10.0 Å². The average Bonchev–Trinajstić information content (AvgIpc) is 2.36. The molecule has 18 heavy (non-hydrogen) atoms. The van der Waals surface area contributed by atoms with Gasteiger partial charge in [0.15, 0.2) is 0 Å². The van der Waals surface area contributed by atoms with Gasteiger partial charge in [0.25, 0.3) is 0 Å². The van der Waals surface area contributed by atoms with Gasteiger partial charge in [-0.3, -0.25) is 4.90 Å². The smallest absolute Gasteiger partial charge is 0.0452 e. The van der Waals surface area contributed by atoms with Gasteiger partial charge in [-0.15, -0.1) is 0 Å². The Morgan fingerprint density at radius 3 is 2.83 bits per heavy atom. The molecule has 0 amide bonds. The van der Waals surface area contributed by atoms with Crippen LogP contribution in [0.15, 0.2) is 18.2 Å². The topological polar surface area (TPSA) is 29.3 Å². The van der Waals surface area contributed by atoms with Crippen molar-refractivity contribution >= 4 is 23.2 Å². The predicted octanol–water partition coefficient (Wildman–Crippen LogP) is 3.70. The van der Waals surface area contributed by atoms with Crippen molar-refractivity contribution in [3.63, 3.8) is 0 Å². The molecule has 4 heteroatoms. The van der Waals surface area contributed by atoms with E-state index in [1.807, 2.05) is 18.2 Å². The zero-order chi connectivity index (χ0) is 13.1. The zero-order valence-electron chi connectivity index (χ0n) is 10.7. The molecule has 0 spiro atoms. The zero-order valence-corrected chi connectivity index (χ0v) is 12.2. The number of benzene rings is 1. The molecular formula is C14H20Cl2N2. The standard InChI is InChI=1S/C14H20Cl2N2/c1-10-3-2-4-13(8-17)18(10)9-11-7-12(15)5-6-14(11)16/h5-7,10,13H,2-4,8-9,17H2,1H3. The first-order valence-corrected chi connectivity index (χ1v) is 7.27. The number of nitrogens with two attached hydrogens (primary N) is 1. The van der Waals surface area contributed by atoms with E-state index < -0.39 is 0 Å². The van der Waals surface area contributed by atoms with Crippen LogP contribution in [0.1, 0.15) is 31.7 Å². The van der Waals surface area contributed by atoms with E-state index in [1.54, 1.807) is 0 Å². The van der Waals surface area contributed by atoms with Crippen LogP contribution < -0.4 is 5.73 Å². The third-order valence-corrected chi connectivity index (χ3v) is 4.43. The summed E-state index contributed by atoms with van der Waals surface area (Å²) in [6.45, 7) is 3.81. The lowest BCUT2D eigenvalue weighted by Crippen LogP contribution is -2.48. The summed E-state index contributed by atoms with van der Waals surface area (Å²) in [6.07, 6.45) is 3.68. The summed E-state index contributed by atoms with van der Waals surface area (Å²) in [6, 6.07) is 6.67. The lowest BCUT2D eigenvalue weighted by molar-refractivity contribution is 0.0892. The summed E-state index contributed by atoms with van der Waals surface area (Å²) in [5, 5.41) is 1.52. The number of halogens is 2. The van der Waals surface area contributed by atoms with E-state index in [9.17, 15) is 0 Å². The number of hydrogen-bond donors (Lipinski definition) is 1. The van der Waals surface area contributed by atoms with Crippen molar-refractivity contribution in [1.82, 2.24) is 4.90 Å². The number of rotatable bonds is 3. The Bertz CT molecular complexity index is 409. The van der Waals surface area contributed by atoms with Crippen molar-refractivity contribution in [2.24, 2.45) is 5.73 Å². The normalized spacial score (nSPS) is 25.3. The van der Waals surface area contributed by atoms with Crippen LogP contribution in [0.3, 0.4) is 0 Å². The van der Waals surface area contributed by atoms with Crippen LogP contribution in [0.4, 0.5) is 0 Å². The number of piperidine rings is 1. The van der Waals surface area contributed by atoms with Crippen molar-refractivity contribution in [3.8, 4) is 0 Å². The first-order chi connectivity index (χ1) is 8.61. The maximum Gasteiger partial charge on any atom is 0.0452 e. The molecule has 0 aromatic heterocycles. The van der Waals surface area contributed by atoms with Crippen molar-refractivity contribution in [2.75, 3.05) is 6.54 Å². The minimum absolute atomic E-state index is 0.462. The lowest BCUT2D eigenvalue weighted by Gasteiger charge is -2.40. The maximum atomic E-state index is 6.24. The highest BCUT2D eigenvalue weighted by molar-refractivity contribution is 6.33. The molecule has 2 rings (SSSR count). The van der Waals surface area contributed by atoms with Gasteiger partial charge in [-0.25, -0.2) is 0 Å². The molecule has 2 atom stereocenters. The SMILES string of the molecule is CC1CCCC(CN)N1Cc1cc(Cl)ccc1Cl. The molecule has 1 fully saturated rings. The number of hydrogen-bond acceptors (Lipinski definition) is 2. The second kappa shape index (κ2) is 6.25. The molecule has 1 aliphatic heterocycles. The fraction of sp³-hybridized carbons (Fsp3) is 0.571. The summed E-state index contributed by atoms with van der Waals surface area (Å²) in [7, 11) is 0. The Morgan fingerprint density at radius 2 is 2.11 bits per heavy atom. The molecule has 0 saturated carbocycles. The minimum atomic E-state index is 0.462. The molecule has 1 aliphatic rings. The van der Waals surface area contributed by atoms with Gasteiger partial charge in [-0.2, -0.15) is 0 Å². The van der Waals surface area contributed by atoms with Gasteiger partial charge in [-0.05, 0) is 43.5 Å². The predicted molar refractivity (Wildman–Crippen MR) is 78.2 cm³/mol. The van der Waals surface area contributed by atoms with Gasteiger partial charge in [0.2, 0.25) is 0 Å². The molecule has 100 valence electrons. The monoisotopic (exact) mass is 286 g/mol. The molecule has 2 unspecified atom stereocenters. The fourth-order valence-electron chi connectivity index (χ4n) is 2.74. The highest BCUT2D eigenvalue weighted by Gasteiger charge is 2.27. The van der Waals surface area contributed by atoms with E-state index in [0.29, 0.717) is 18.6 Å². The van der Waals surface area contributed by atoms with E-state index in [0.717, 1.165) is 22.2 Å². The van der Waals surface area contributed by atoms with E-state index in [4.69, 9.17) is 28.9 Å². The highest BCUT2D eigenvalue weighted by atomic mass is 35.5. The van der Waals surface area contributed by atoms with Gasteiger partial charge >= 0.3 is 0 Å². The largest absolute Gasteiger partial charge is 0.329 e. The van der Waals surface area contributed by atoms with Crippen molar-refractivity contribution in [2.45, 2.75) is 44.8 Å². The molecule has 2 nitrogen and oxygen atoms in total. The average molecular weight is 287 g/mol. The molecule has 1 saturated heterocycles. The number of nitrogens with zero attached hydrogens (tertiary/aromatic N) is 1. The van der Waals surface area contributed by atoms with Crippen LogP contribution in [0, 0.1) is 0 Å². The molecular weight excluding hydrogens is 267 g/mol. The maximum absolute atomic E-state index is 6.24. The van der Waals surface area contributed by atoms with E-state index >= 15 is 0 Å². The Hall–Kier alpha value is -0.280. The van der Waals surface area contributed by atoms with Crippen LogP contribution in [-0.4, -0.2) is 23.5 Å². The highest BCUT2D eigenvalue weighted by Crippen LogP contribution is 2.28. The van der Waals surface area contributed by atoms with Crippen molar-refractivity contribution < 1.29 is 0 Å². The van der Waals surface area contributed by atoms with Crippen LogP contribution in [0.25, 0.3) is 0 Å². The lowest BCUT2D eigenvalue weighted by atomic mass is 9.95. The van der Waals surface area contributed by atoms with Crippen molar-refractivity contribution in [3.05, 3.63) is 33.8 Å².